The Kier molecular flexibility index (Phi) is 10.2. The molecule has 0 spiro atoms. The van der Waals surface area contributed by atoms with Gasteiger partial charge in [0.05, 0.1) is 12.6 Å². The molecule has 8 nitrogen and oxygen atoms in total. The van der Waals surface area contributed by atoms with Gasteiger partial charge in [-0.3, -0.25) is 4.79 Å². The molecule has 0 aromatic rings. The van der Waals surface area contributed by atoms with Crippen molar-refractivity contribution < 1.29 is 29.3 Å². The summed E-state index contributed by atoms with van der Waals surface area (Å²) in [4.78, 5) is 32.1. The van der Waals surface area contributed by atoms with E-state index in [4.69, 9.17) is 24.5 Å². The predicted octanol–water partition coefficient (Wildman–Crippen LogP) is 0.556. The van der Waals surface area contributed by atoms with E-state index in [1.807, 2.05) is 4.90 Å². The number of carboxylic acid groups (broad SMARTS) is 2. The number of rotatable bonds is 6. The number of carbonyl (C=O) groups excluding carboxylic acids is 1. The van der Waals surface area contributed by atoms with E-state index < -0.39 is 11.9 Å². The minimum Gasteiger partial charge on any atom is -0.473 e. The number of amides is 1. The summed E-state index contributed by atoms with van der Waals surface area (Å²) in [5.74, 6) is -3.47. The number of carbonyl (C=O) groups is 3. The maximum Gasteiger partial charge on any atom is 0.414 e. The van der Waals surface area contributed by atoms with Crippen LogP contribution >= 0.6 is 0 Å². The Labute approximate surface area is 136 Å². The first-order chi connectivity index (χ1) is 10.7. The molecule has 1 amide bonds. The Bertz CT molecular complexity index is 371. The van der Waals surface area contributed by atoms with Crippen LogP contribution < -0.4 is 5.32 Å². The molecular formula is C15H28N2O6. The van der Waals surface area contributed by atoms with Crippen molar-refractivity contribution in [2.75, 3.05) is 19.7 Å². The fourth-order valence-corrected chi connectivity index (χ4v) is 2.41. The van der Waals surface area contributed by atoms with Crippen LogP contribution in [0.5, 0.6) is 0 Å². The van der Waals surface area contributed by atoms with Gasteiger partial charge in [0.25, 0.3) is 0 Å². The first-order valence-corrected chi connectivity index (χ1v) is 7.76. The van der Waals surface area contributed by atoms with Crippen LogP contribution in [-0.4, -0.2) is 70.8 Å². The van der Waals surface area contributed by atoms with Crippen LogP contribution in [-0.2, 0) is 19.1 Å². The molecule has 134 valence electrons. The standard InChI is InChI=1S/C13H26N2O2.C2H2O4/c1-10(2)15(11(3)4)13(16)9-14-8-12-6-5-7-17-12;3-1(4)2(5)6/h10-12,14H,5-9H2,1-4H3;(H,3,4)(H,5,6). The van der Waals surface area contributed by atoms with Crippen LogP contribution in [0.3, 0.4) is 0 Å². The van der Waals surface area contributed by atoms with Crippen molar-refractivity contribution in [3.05, 3.63) is 0 Å². The van der Waals surface area contributed by atoms with Gasteiger partial charge in [-0.25, -0.2) is 9.59 Å². The Hall–Kier alpha value is -1.67. The van der Waals surface area contributed by atoms with Crippen LogP contribution in [0.15, 0.2) is 0 Å². The van der Waals surface area contributed by atoms with Crippen molar-refractivity contribution in [2.24, 2.45) is 0 Å². The molecule has 8 heteroatoms. The fourth-order valence-electron chi connectivity index (χ4n) is 2.41. The van der Waals surface area contributed by atoms with Crippen LogP contribution in [0.4, 0.5) is 0 Å². The highest BCUT2D eigenvalue weighted by atomic mass is 16.5. The maximum atomic E-state index is 12.0. The lowest BCUT2D eigenvalue weighted by Crippen LogP contribution is -2.47. The summed E-state index contributed by atoms with van der Waals surface area (Å²) in [5.41, 5.74) is 0. The van der Waals surface area contributed by atoms with Gasteiger partial charge in [0.2, 0.25) is 5.91 Å². The van der Waals surface area contributed by atoms with Gasteiger partial charge >= 0.3 is 11.9 Å². The van der Waals surface area contributed by atoms with E-state index in [0.29, 0.717) is 12.6 Å². The summed E-state index contributed by atoms with van der Waals surface area (Å²) in [6, 6.07) is 0.513. The van der Waals surface area contributed by atoms with Gasteiger partial charge in [-0.1, -0.05) is 0 Å². The zero-order valence-corrected chi connectivity index (χ0v) is 14.2. The molecule has 1 fully saturated rings. The van der Waals surface area contributed by atoms with Gasteiger partial charge in [-0.2, -0.15) is 0 Å². The minimum absolute atomic E-state index is 0.174. The highest BCUT2D eigenvalue weighted by Crippen LogP contribution is 2.10. The van der Waals surface area contributed by atoms with Gasteiger partial charge in [0.15, 0.2) is 0 Å². The monoisotopic (exact) mass is 332 g/mol. The molecular weight excluding hydrogens is 304 g/mol. The number of aliphatic carboxylic acids is 2. The lowest BCUT2D eigenvalue weighted by atomic mass is 10.2. The van der Waals surface area contributed by atoms with Gasteiger partial charge in [-0.15, -0.1) is 0 Å². The molecule has 0 bridgehead atoms. The van der Waals surface area contributed by atoms with Gasteiger partial charge in [0.1, 0.15) is 0 Å². The summed E-state index contributed by atoms with van der Waals surface area (Å²) in [7, 11) is 0. The van der Waals surface area contributed by atoms with Gasteiger partial charge in [0, 0.05) is 25.2 Å². The molecule has 1 aliphatic heterocycles. The average molecular weight is 332 g/mol. The molecule has 0 aromatic heterocycles. The molecule has 1 rings (SSSR count). The Balaban J connectivity index is 0.000000688. The zero-order chi connectivity index (χ0) is 18.0. The quantitative estimate of drug-likeness (QED) is 0.608. The summed E-state index contributed by atoms with van der Waals surface area (Å²) >= 11 is 0. The van der Waals surface area contributed by atoms with Crippen molar-refractivity contribution >= 4 is 17.8 Å². The number of ether oxygens (including phenoxy) is 1. The van der Waals surface area contributed by atoms with Crippen molar-refractivity contribution in [3.8, 4) is 0 Å². The summed E-state index contributed by atoms with van der Waals surface area (Å²) in [6.07, 6.45) is 2.55. The maximum absolute atomic E-state index is 12.0. The largest absolute Gasteiger partial charge is 0.473 e. The summed E-state index contributed by atoms with van der Waals surface area (Å²) < 4.78 is 5.50. The van der Waals surface area contributed by atoms with Crippen LogP contribution in [0.25, 0.3) is 0 Å². The topological polar surface area (TPSA) is 116 Å². The van der Waals surface area contributed by atoms with Crippen molar-refractivity contribution in [3.63, 3.8) is 0 Å². The number of hydrogen-bond acceptors (Lipinski definition) is 5. The molecule has 0 aliphatic carbocycles. The van der Waals surface area contributed by atoms with Crippen LogP contribution in [0.2, 0.25) is 0 Å². The minimum atomic E-state index is -1.82. The van der Waals surface area contributed by atoms with Crippen molar-refractivity contribution in [1.82, 2.24) is 10.2 Å². The average Bonchev–Trinajstić information content (AvgIpc) is 2.91. The second-order valence-electron chi connectivity index (χ2n) is 5.86. The van der Waals surface area contributed by atoms with E-state index in [1.54, 1.807) is 0 Å². The molecule has 23 heavy (non-hydrogen) atoms. The number of carboxylic acids is 2. The lowest BCUT2D eigenvalue weighted by Gasteiger charge is -2.31. The number of hydrogen-bond donors (Lipinski definition) is 3. The third-order valence-electron chi connectivity index (χ3n) is 3.26. The zero-order valence-electron chi connectivity index (χ0n) is 14.2. The molecule has 0 radical (unpaired) electrons. The van der Waals surface area contributed by atoms with E-state index in [9.17, 15) is 4.79 Å². The first kappa shape index (κ1) is 21.3. The number of nitrogens with one attached hydrogen (secondary N) is 1. The first-order valence-electron chi connectivity index (χ1n) is 7.76. The third-order valence-corrected chi connectivity index (χ3v) is 3.26. The Morgan fingerprint density at radius 3 is 2.00 bits per heavy atom. The normalized spacial score (nSPS) is 16.9. The summed E-state index contributed by atoms with van der Waals surface area (Å²) in [5, 5.41) is 18.0. The smallest absolute Gasteiger partial charge is 0.414 e. The molecule has 0 saturated carbocycles. The lowest BCUT2D eigenvalue weighted by molar-refractivity contribution is -0.159. The van der Waals surface area contributed by atoms with Crippen molar-refractivity contribution in [1.29, 1.82) is 0 Å². The van der Waals surface area contributed by atoms with E-state index in [2.05, 4.69) is 33.0 Å². The molecule has 1 unspecified atom stereocenters. The molecule has 0 aromatic carbocycles. The number of nitrogens with zero attached hydrogens (tertiary/aromatic N) is 1. The fraction of sp³-hybridized carbons (Fsp3) is 0.800. The highest BCUT2D eigenvalue weighted by molar-refractivity contribution is 6.27. The Morgan fingerprint density at radius 1 is 1.13 bits per heavy atom. The van der Waals surface area contributed by atoms with E-state index in [0.717, 1.165) is 26.0 Å². The van der Waals surface area contributed by atoms with E-state index in [-0.39, 0.29) is 18.0 Å². The molecule has 3 N–H and O–H groups in total. The van der Waals surface area contributed by atoms with Gasteiger partial charge in [-0.05, 0) is 40.5 Å². The van der Waals surface area contributed by atoms with Crippen molar-refractivity contribution in [2.45, 2.75) is 58.7 Å². The second kappa shape index (κ2) is 11.0. The second-order valence-corrected chi connectivity index (χ2v) is 5.86. The SMILES string of the molecule is CC(C)N(C(=O)CNCC1CCCO1)C(C)C.O=C(O)C(=O)O. The van der Waals surface area contributed by atoms with Gasteiger partial charge < -0.3 is 25.2 Å². The van der Waals surface area contributed by atoms with Crippen LogP contribution in [0, 0.1) is 0 Å². The van der Waals surface area contributed by atoms with E-state index >= 15 is 0 Å². The molecule has 1 aliphatic rings. The summed E-state index contributed by atoms with van der Waals surface area (Å²) in [6.45, 7) is 10.3. The molecule has 1 atom stereocenters. The third kappa shape index (κ3) is 9.14. The highest BCUT2D eigenvalue weighted by Gasteiger charge is 2.20. The molecule has 1 heterocycles. The van der Waals surface area contributed by atoms with E-state index in [1.165, 1.54) is 0 Å². The predicted molar refractivity (Wildman–Crippen MR) is 84.2 cm³/mol. The van der Waals surface area contributed by atoms with Crippen LogP contribution in [0.1, 0.15) is 40.5 Å². The Morgan fingerprint density at radius 2 is 1.65 bits per heavy atom. The molecule has 1 saturated heterocycles.